The van der Waals surface area contributed by atoms with Gasteiger partial charge in [-0.1, -0.05) is 6.92 Å². The number of hydrogen-bond donors (Lipinski definition) is 2. The molecule has 0 aromatic heterocycles. The van der Waals surface area contributed by atoms with E-state index in [1.54, 1.807) is 0 Å². The molecule has 4 nitrogen and oxygen atoms in total. The second kappa shape index (κ2) is 6.57. The molecule has 17 heavy (non-hydrogen) atoms. The highest BCUT2D eigenvalue weighted by Gasteiger charge is 2.44. The van der Waals surface area contributed by atoms with Crippen molar-refractivity contribution in [2.24, 2.45) is 11.8 Å². The van der Waals surface area contributed by atoms with Crippen LogP contribution in [0, 0.1) is 11.8 Å². The lowest BCUT2D eigenvalue weighted by molar-refractivity contribution is -0.124. The molecule has 1 aliphatic heterocycles. The smallest absolute Gasteiger partial charge is 0.226 e. The number of hydrogen-bond acceptors (Lipinski definition) is 3. The van der Waals surface area contributed by atoms with Gasteiger partial charge in [-0.05, 0) is 38.8 Å². The van der Waals surface area contributed by atoms with Gasteiger partial charge < -0.3 is 15.4 Å². The van der Waals surface area contributed by atoms with Crippen molar-refractivity contribution in [3.63, 3.8) is 0 Å². The van der Waals surface area contributed by atoms with Gasteiger partial charge in [0.2, 0.25) is 5.91 Å². The molecule has 2 aliphatic rings. The van der Waals surface area contributed by atoms with Crippen LogP contribution in [0.15, 0.2) is 0 Å². The Kier molecular flexibility index (Phi) is 5.70. The number of rotatable bonds is 4. The molecule has 0 spiro atoms. The van der Waals surface area contributed by atoms with E-state index in [0.717, 1.165) is 25.9 Å². The standard InChI is InChI=1S/C12H22N2O2.ClH/c1-3-16-11-6-9(11)12(15)14-10-4-5-13-7-8(10)2;/h8-11,13H,3-7H2,1-2H3,(H,14,15);1H. The third-order valence-electron chi connectivity index (χ3n) is 3.56. The van der Waals surface area contributed by atoms with Gasteiger partial charge in [0.1, 0.15) is 0 Å². The van der Waals surface area contributed by atoms with Gasteiger partial charge in [-0.2, -0.15) is 0 Å². The summed E-state index contributed by atoms with van der Waals surface area (Å²) in [4.78, 5) is 11.9. The second-order valence-corrected chi connectivity index (χ2v) is 4.92. The Balaban J connectivity index is 0.00000144. The molecule has 4 unspecified atom stereocenters. The van der Waals surface area contributed by atoms with Crippen LogP contribution < -0.4 is 10.6 Å². The fraction of sp³-hybridized carbons (Fsp3) is 0.917. The van der Waals surface area contributed by atoms with Gasteiger partial charge >= 0.3 is 0 Å². The van der Waals surface area contributed by atoms with E-state index in [4.69, 9.17) is 4.74 Å². The van der Waals surface area contributed by atoms with E-state index in [2.05, 4.69) is 17.6 Å². The SMILES string of the molecule is CCOC1CC1C(=O)NC1CCNCC1C.Cl. The summed E-state index contributed by atoms with van der Waals surface area (Å²) in [7, 11) is 0. The van der Waals surface area contributed by atoms with E-state index < -0.39 is 0 Å². The number of nitrogens with one attached hydrogen (secondary N) is 2. The molecular formula is C12H23ClN2O2. The van der Waals surface area contributed by atoms with Gasteiger partial charge in [-0.15, -0.1) is 12.4 Å². The number of halogens is 1. The molecule has 2 fully saturated rings. The normalized spacial score (nSPS) is 35.9. The van der Waals surface area contributed by atoms with Crippen LogP contribution >= 0.6 is 12.4 Å². The highest BCUT2D eigenvalue weighted by atomic mass is 35.5. The zero-order valence-corrected chi connectivity index (χ0v) is 11.4. The van der Waals surface area contributed by atoms with Crippen molar-refractivity contribution in [1.82, 2.24) is 10.6 Å². The van der Waals surface area contributed by atoms with E-state index in [0.29, 0.717) is 18.6 Å². The summed E-state index contributed by atoms with van der Waals surface area (Å²) in [5, 5.41) is 6.50. The summed E-state index contributed by atoms with van der Waals surface area (Å²) < 4.78 is 5.43. The molecule has 0 aromatic rings. The average Bonchev–Trinajstić information content (AvgIpc) is 3.01. The molecule has 1 saturated carbocycles. The van der Waals surface area contributed by atoms with Gasteiger partial charge in [0.25, 0.3) is 0 Å². The Morgan fingerprint density at radius 1 is 1.53 bits per heavy atom. The van der Waals surface area contributed by atoms with E-state index in [1.165, 1.54) is 0 Å². The summed E-state index contributed by atoms with van der Waals surface area (Å²) in [5.74, 6) is 0.834. The predicted octanol–water partition coefficient (Wildman–Crippen LogP) is 0.947. The van der Waals surface area contributed by atoms with Gasteiger partial charge in [0, 0.05) is 12.6 Å². The average molecular weight is 263 g/mol. The van der Waals surface area contributed by atoms with Crippen LogP contribution in [0.2, 0.25) is 0 Å². The molecule has 1 heterocycles. The van der Waals surface area contributed by atoms with Crippen LogP contribution in [0.3, 0.4) is 0 Å². The van der Waals surface area contributed by atoms with Gasteiger partial charge in [-0.3, -0.25) is 4.79 Å². The van der Waals surface area contributed by atoms with Crippen molar-refractivity contribution in [3.05, 3.63) is 0 Å². The van der Waals surface area contributed by atoms with Crippen LogP contribution in [0.25, 0.3) is 0 Å². The molecule has 0 bridgehead atoms. The maximum atomic E-state index is 11.9. The van der Waals surface area contributed by atoms with Gasteiger partial charge in [0.05, 0.1) is 12.0 Å². The van der Waals surface area contributed by atoms with Gasteiger partial charge in [0.15, 0.2) is 0 Å². The fourth-order valence-electron chi connectivity index (χ4n) is 2.36. The molecule has 2 N–H and O–H groups in total. The molecular weight excluding hydrogens is 240 g/mol. The van der Waals surface area contributed by atoms with Gasteiger partial charge in [-0.25, -0.2) is 0 Å². The Morgan fingerprint density at radius 2 is 2.29 bits per heavy atom. The molecule has 2 rings (SSSR count). The molecule has 4 atom stereocenters. The summed E-state index contributed by atoms with van der Waals surface area (Å²) in [6.45, 7) is 6.88. The molecule has 0 aromatic carbocycles. The summed E-state index contributed by atoms with van der Waals surface area (Å²) in [6.07, 6.45) is 2.12. The third kappa shape index (κ3) is 3.83. The lowest BCUT2D eigenvalue weighted by Gasteiger charge is -2.30. The number of piperidine rings is 1. The predicted molar refractivity (Wildman–Crippen MR) is 69.4 cm³/mol. The molecule has 1 amide bonds. The number of carbonyl (C=O) groups excluding carboxylic acids is 1. The minimum atomic E-state index is 0. The zero-order chi connectivity index (χ0) is 11.5. The van der Waals surface area contributed by atoms with Crippen LogP contribution in [-0.4, -0.2) is 37.7 Å². The highest BCUT2D eigenvalue weighted by molar-refractivity contribution is 5.85. The first-order valence-corrected chi connectivity index (χ1v) is 6.35. The Bertz CT molecular complexity index is 263. The highest BCUT2D eigenvalue weighted by Crippen LogP contribution is 2.34. The third-order valence-corrected chi connectivity index (χ3v) is 3.56. The monoisotopic (exact) mass is 262 g/mol. The molecule has 0 radical (unpaired) electrons. The maximum Gasteiger partial charge on any atom is 0.226 e. The van der Waals surface area contributed by atoms with Crippen molar-refractivity contribution >= 4 is 18.3 Å². The quantitative estimate of drug-likeness (QED) is 0.793. The molecule has 1 saturated heterocycles. The van der Waals surface area contributed by atoms with Crippen molar-refractivity contribution in [2.45, 2.75) is 38.8 Å². The zero-order valence-electron chi connectivity index (χ0n) is 10.6. The fourth-order valence-corrected chi connectivity index (χ4v) is 2.36. The van der Waals surface area contributed by atoms with Crippen LogP contribution in [-0.2, 0) is 9.53 Å². The number of ether oxygens (including phenoxy) is 1. The maximum absolute atomic E-state index is 11.9. The van der Waals surface area contributed by atoms with Crippen LogP contribution in [0.1, 0.15) is 26.7 Å². The van der Waals surface area contributed by atoms with Crippen molar-refractivity contribution in [2.75, 3.05) is 19.7 Å². The number of carbonyl (C=O) groups is 1. The van der Waals surface area contributed by atoms with Crippen LogP contribution in [0.4, 0.5) is 0 Å². The first kappa shape index (κ1) is 14.7. The van der Waals surface area contributed by atoms with E-state index in [-0.39, 0.29) is 30.3 Å². The lowest BCUT2D eigenvalue weighted by Crippen LogP contribution is -2.49. The summed E-state index contributed by atoms with van der Waals surface area (Å²) >= 11 is 0. The minimum Gasteiger partial charge on any atom is -0.378 e. The van der Waals surface area contributed by atoms with Crippen molar-refractivity contribution < 1.29 is 9.53 Å². The lowest BCUT2D eigenvalue weighted by atomic mass is 9.95. The minimum absolute atomic E-state index is 0. The van der Waals surface area contributed by atoms with Crippen molar-refractivity contribution in [3.8, 4) is 0 Å². The topological polar surface area (TPSA) is 50.4 Å². The Labute approximate surface area is 109 Å². The second-order valence-electron chi connectivity index (χ2n) is 4.92. The van der Waals surface area contributed by atoms with Crippen molar-refractivity contribution in [1.29, 1.82) is 0 Å². The Hall–Kier alpha value is -0.320. The Morgan fingerprint density at radius 3 is 2.94 bits per heavy atom. The first-order chi connectivity index (χ1) is 7.72. The first-order valence-electron chi connectivity index (χ1n) is 6.35. The van der Waals surface area contributed by atoms with Crippen LogP contribution in [0.5, 0.6) is 0 Å². The molecule has 100 valence electrons. The molecule has 5 heteroatoms. The van der Waals surface area contributed by atoms with E-state index in [1.807, 2.05) is 6.92 Å². The largest absolute Gasteiger partial charge is 0.378 e. The molecule has 1 aliphatic carbocycles. The van der Waals surface area contributed by atoms with E-state index in [9.17, 15) is 4.79 Å². The van der Waals surface area contributed by atoms with E-state index >= 15 is 0 Å². The summed E-state index contributed by atoms with van der Waals surface area (Å²) in [6, 6.07) is 0.344. The summed E-state index contributed by atoms with van der Waals surface area (Å²) in [5.41, 5.74) is 0. The number of amides is 1.